The number of hydrogen-bond donors (Lipinski definition) is 0. The second-order valence-electron chi connectivity index (χ2n) is 8.79. The summed E-state index contributed by atoms with van der Waals surface area (Å²) < 4.78 is 17.0. The highest BCUT2D eigenvalue weighted by atomic mass is 79.9. The average Bonchev–Trinajstić information content (AvgIpc) is 2.86. The molecule has 4 nitrogen and oxygen atoms in total. The molecule has 0 N–H and O–H groups in total. The molecule has 2 aromatic rings. The van der Waals surface area contributed by atoms with Crippen LogP contribution in [-0.4, -0.2) is 24.0 Å². The molecule has 5 heteroatoms. The molecule has 34 heavy (non-hydrogen) atoms. The Bertz CT molecular complexity index is 789. The summed E-state index contributed by atoms with van der Waals surface area (Å²) >= 11 is 3.48. The number of esters is 1. The molecule has 0 spiro atoms. The van der Waals surface area contributed by atoms with Crippen LogP contribution < -0.4 is 14.2 Å². The van der Waals surface area contributed by atoms with E-state index in [0.717, 1.165) is 29.7 Å². The Labute approximate surface area is 214 Å². The van der Waals surface area contributed by atoms with E-state index in [1.807, 2.05) is 31.2 Å². The molecule has 0 bridgehead atoms. The van der Waals surface area contributed by atoms with Crippen molar-refractivity contribution in [2.45, 2.75) is 90.6 Å². The van der Waals surface area contributed by atoms with Gasteiger partial charge in [-0.2, -0.15) is 0 Å². The van der Waals surface area contributed by atoms with Gasteiger partial charge in [-0.15, -0.1) is 0 Å². The van der Waals surface area contributed by atoms with Gasteiger partial charge in [0.1, 0.15) is 17.2 Å². The highest BCUT2D eigenvalue weighted by Crippen LogP contribution is 2.21. The van der Waals surface area contributed by atoms with E-state index in [9.17, 15) is 4.79 Å². The van der Waals surface area contributed by atoms with E-state index in [4.69, 9.17) is 14.2 Å². The zero-order valence-electron chi connectivity index (χ0n) is 20.9. The van der Waals surface area contributed by atoms with Gasteiger partial charge in [0.2, 0.25) is 0 Å². The van der Waals surface area contributed by atoms with Gasteiger partial charge in [-0.05, 0) is 74.7 Å². The number of halogens is 1. The number of unbranched alkanes of at least 4 members (excludes halogenated alkanes) is 9. The SMILES string of the molecule is CCC(C)Oc1ccc(OC(=O)c2ccc(OCCCCCCCCCCCCBr)cc2)cc1. The second-order valence-corrected chi connectivity index (χ2v) is 9.59. The van der Waals surface area contributed by atoms with E-state index in [1.54, 1.807) is 24.3 Å². The van der Waals surface area contributed by atoms with Crippen LogP contribution in [0.4, 0.5) is 0 Å². The minimum absolute atomic E-state index is 0.155. The van der Waals surface area contributed by atoms with Crippen LogP contribution in [0.25, 0.3) is 0 Å². The maximum absolute atomic E-state index is 12.4. The summed E-state index contributed by atoms with van der Waals surface area (Å²) in [4.78, 5) is 12.4. The minimum Gasteiger partial charge on any atom is -0.494 e. The largest absolute Gasteiger partial charge is 0.494 e. The molecule has 188 valence electrons. The van der Waals surface area contributed by atoms with Gasteiger partial charge in [0.05, 0.1) is 18.3 Å². The number of alkyl halides is 1. The van der Waals surface area contributed by atoms with Crippen molar-refractivity contribution in [1.82, 2.24) is 0 Å². The molecule has 0 saturated carbocycles. The summed E-state index contributed by atoms with van der Waals surface area (Å²) in [5.41, 5.74) is 0.500. The molecule has 0 aromatic heterocycles. The van der Waals surface area contributed by atoms with E-state index < -0.39 is 0 Å². The quantitative estimate of drug-likeness (QED) is 0.0832. The molecule has 0 saturated heterocycles. The first-order valence-corrected chi connectivity index (χ1v) is 14.0. The molecular weight excluding hydrogens is 492 g/mol. The van der Waals surface area contributed by atoms with Gasteiger partial charge in [-0.1, -0.05) is 74.2 Å². The van der Waals surface area contributed by atoms with Gasteiger partial charge in [-0.3, -0.25) is 0 Å². The van der Waals surface area contributed by atoms with Gasteiger partial charge >= 0.3 is 5.97 Å². The second kappa shape index (κ2) is 17.4. The molecule has 0 amide bonds. The number of hydrogen-bond acceptors (Lipinski definition) is 4. The van der Waals surface area contributed by atoms with Crippen LogP contribution in [0.15, 0.2) is 48.5 Å². The molecule has 0 heterocycles. The van der Waals surface area contributed by atoms with E-state index in [-0.39, 0.29) is 12.1 Å². The lowest BCUT2D eigenvalue weighted by Gasteiger charge is -2.12. The fourth-order valence-corrected chi connectivity index (χ4v) is 3.95. The normalized spacial score (nSPS) is 11.7. The first-order valence-electron chi connectivity index (χ1n) is 12.9. The Morgan fingerprint density at radius 3 is 1.79 bits per heavy atom. The van der Waals surface area contributed by atoms with Crippen LogP contribution in [0, 0.1) is 0 Å². The average molecular weight is 534 g/mol. The summed E-state index contributed by atoms with van der Waals surface area (Å²) in [6.07, 6.45) is 14.1. The van der Waals surface area contributed by atoms with Crippen LogP contribution in [0.2, 0.25) is 0 Å². The molecule has 2 aromatic carbocycles. The van der Waals surface area contributed by atoms with Crippen LogP contribution >= 0.6 is 15.9 Å². The summed E-state index contributed by atoms with van der Waals surface area (Å²) in [5.74, 6) is 1.67. The topological polar surface area (TPSA) is 44.8 Å². The highest BCUT2D eigenvalue weighted by molar-refractivity contribution is 9.09. The van der Waals surface area contributed by atoms with Gasteiger partial charge in [0, 0.05) is 5.33 Å². The standard InChI is InChI=1S/C29H41BrO4/c1-3-24(2)33-27-18-20-28(21-19-27)34-29(31)25-14-16-26(17-15-25)32-23-13-11-9-7-5-4-6-8-10-12-22-30/h14-21,24H,3-13,22-23H2,1-2H3. The summed E-state index contributed by atoms with van der Waals surface area (Å²) in [5, 5.41) is 1.13. The predicted molar refractivity (Wildman–Crippen MR) is 144 cm³/mol. The lowest BCUT2D eigenvalue weighted by Crippen LogP contribution is -2.10. The Morgan fingerprint density at radius 2 is 1.24 bits per heavy atom. The van der Waals surface area contributed by atoms with Crippen molar-refractivity contribution in [3.05, 3.63) is 54.1 Å². The van der Waals surface area contributed by atoms with Crippen molar-refractivity contribution in [2.24, 2.45) is 0 Å². The summed E-state index contributed by atoms with van der Waals surface area (Å²) in [7, 11) is 0. The third-order valence-electron chi connectivity index (χ3n) is 5.83. The van der Waals surface area contributed by atoms with E-state index in [1.165, 1.54) is 57.8 Å². The Balaban J connectivity index is 1.58. The summed E-state index contributed by atoms with van der Waals surface area (Å²) in [6, 6.07) is 14.3. The third-order valence-corrected chi connectivity index (χ3v) is 6.39. The number of ether oxygens (including phenoxy) is 3. The zero-order chi connectivity index (χ0) is 24.4. The van der Waals surface area contributed by atoms with Crippen molar-refractivity contribution < 1.29 is 19.0 Å². The molecular formula is C29H41BrO4. The molecule has 0 radical (unpaired) electrons. The summed E-state index contributed by atoms with van der Waals surface area (Å²) in [6.45, 7) is 4.81. The van der Waals surface area contributed by atoms with Crippen LogP contribution in [-0.2, 0) is 0 Å². The molecule has 0 aliphatic heterocycles. The maximum atomic E-state index is 12.4. The number of benzene rings is 2. The molecule has 1 atom stereocenters. The van der Waals surface area contributed by atoms with E-state index >= 15 is 0 Å². The molecule has 2 rings (SSSR count). The smallest absolute Gasteiger partial charge is 0.343 e. The third kappa shape index (κ3) is 11.9. The number of rotatable bonds is 18. The Hall–Kier alpha value is -2.01. The van der Waals surface area contributed by atoms with Gasteiger partial charge in [0.25, 0.3) is 0 Å². The lowest BCUT2D eigenvalue weighted by atomic mass is 10.1. The predicted octanol–water partition coefficient (Wildman–Crippen LogP) is 8.76. The van der Waals surface area contributed by atoms with Crippen LogP contribution in [0.3, 0.4) is 0 Å². The molecule has 1 unspecified atom stereocenters. The van der Waals surface area contributed by atoms with Crippen molar-refractivity contribution in [3.63, 3.8) is 0 Å². The minimum atomic E-state index is -0.384. The fourth-order valence-electron chi connectivity index (χ4n) is 3.56. The van der Waals surface area contributed by atoms with E-state index in [0.29, 0.717) is 17.9 Å². The van der Waals surface area contributed by atoms with Crippen molar-refractivity contribution >= 4 is 21.9 Å². The monoisotopic (exact) mass is 532 g/mol. The van der Waals surface area contributed by atoms with Gasteiger partial charge in [0.15, 0.2) is 0 Å². The highest BCUT2D eigenvalue weighted by Gasteiger charge is 2.09. The van der Waals surface area contributed by atoms with Crippen molar-refractivity contribution in [2.75, 3.05) is 11.9 Å². The first-order chi connectivity index (χ1) is 16.6. The molecule has 0 fully saturated rings. The Kier molecular flexibility index (Phi) is 14.5. The van der Waals surface area contributed by atoms with Crippen molar-refractivity contribution in [1.29, 1.82) is 0 Å². The maximum Gasteiger partial charge on any atom is 0.343 e. The number of carbonyl (C=O) groups is 1. The molecule has 0 aliphatic rings. The first kappa shape index (κ1) is 28.2. The Morgan fingerprint density at radius 1 is 0.735 bits per heavy atom. The van der Waals surface area contributed by atoms with Crippen LogP contribution in [0.5, 0.6) is 17.2 Å². The van der Waals surface area contributed by atoms with Crippen LogP contribution in [0.1, 0.15) is 94.8 Å². The number of carbonyl (C=O) groups excluding carboxylic acids is 1. The van der Waals surface area contributed by atoms with E-state index in [2.05, 4.69) is 22.9 Å². The van der Waals surface area contributed by atoms with Crippen molar-refractivity contribution in [3.8, 4) is 17.2 Å². The van der Waals surface area contributed by atoms with Gasteiger partial charge in [-0.25, -0.2) is 4.79 Å². The van der Waals surface area contributed by atoms with Gasteiger partial charge < -0.3 is 14.2 Å². The lowest BCUT2D eigenvalue weighted by molar-refractivity contribution is 0.0734. The zero-order valence-corrected chi connectivity index (χ0v) is 22.5. The fraction of sp³-hybridized carbons (Fsp3) is 0.552. The molecule has 0 aliphatic carbocycles.